The molecule has 1 unspecified atom stereocenters. The van der Waals surface area contributed by atoms with E-state index in [-0.39, 0.29) is 24.1 Å². The maximum atomic E-state index is 14.8. The van der Waals surface area contributed by atoms with E-state index in [1.807, 2.05) is 4.90 Å². The van der Waals surface area contributed by atoms with Crippen LogP contribution in [0.1, 0.15) is 44.9 Å². The standard InChI is InChI=1S/C23H31FN4O3/c24-19-14-18(25-20-2-4-22(30)26-23(20)31)1-3-21(19)28-11-7-17(8-12-28)13-16-5-9-27(15-29)10-6-16/h1,3,14-17,20,25H,2,4-13H2,(H,26,30,31). The fourth-order valence-electron chi connectivity index (χ4n) is 5.06. The summed E-state index contributed by atoms with van der Waals surface area (Å²) in [6.07, 6.45) is 7.16. The third kappa shape index (κ3) is 5.35. The van der Waals surface area contributed by atoms with Crippen molar-refractivity contribution in [2.75, 3.05) is 36.4 Å². The first-order valence-corrected chi connectivity index (χ1v) is 11.4. The van der Waals surface area contributed by atoms with Crippen LogP contribution in [0.25, 0.3) is 0 Å². The minimum Gasteiger partial charge on any atom is -0.374 e. The Hall–Kier alpha value is -2.64. The number of benzene rings is 1. The summed E-state index contributed by atoms with van der Waals surface area (Å²) in [5.74, 6) is 0.443. The molecule has 3 amide bonds. The molecule has 0 aliphatic carbocycles. The fraction of sp³-hybridized carbons (Fsp3) is 0.609. The molecule has 0 radical (unpaired) electrons. The highest BCUT2D eigenvalue weighted by Crippen LogP contribution is 2.33. The van der Waals surface area contributed by atoms with E-state index < -0.39 is 6.04 Å². The lowest BCUT2D eigenvalue weighted by molar-refractivity contribution is -0.133. The zero-order valence-electron chi connectivity index (χ0n) is 17.8. The average Bonchev–Trinajstić information content (AvgIpc) is 2.77. The molecule has 3 heterocycles. The van der Waals surface area contributed by atoms with Crippen LogP contribution in [0, 0.1) is 17.7 Å². The van der Waals surface area contributed by atoms with Crippen molar-refractivity contribution in [3.8, 4) is 0 Å². The summed E-state index contributed by atoms with van der Waals surface area (Å²) in [5.41, 5.74) is 1.15. The molecule has 7 nitrogen and oxygen atoms in total. The molecule has 168 valence electrons. The molecule has 0 bridgehead atoms. The Morgan fingerprint density at radius 1 is 1.03 bits per heavy atom. The Labute approximate surface area is 182 Å². The summed E-state index contributed by atoms with van der Waals surface area (Å²) in [6, 6.07) is 4.50. The van der Waals surface area contributed by atoms with E-state index in [2.05, 4.69) is 15.5 Å². The largest absolute Gasteiger partial charge is 0.374 e. The normalized spacial score (nSPS) is 23.6. The predicted molar refractivity (Wildman–Crippen MR) is 116 cm³/mol. The Bertz CT molecular complexity index is 817. The highest BCUT2D eigenvalue weighted by molar-refractivity contribution is 6.01. The Kier molecular flexibility index (Phi) is 6.73. The van der Waals surface area contributed by atoms with Crippen molar-refractivity contribution in [3.63, 3.8) is 0 Å². The maximum Gasteiger partial charge on any atom is 0.249 e. The second-order valence-electron chi connectivity index (χ2n) is 9.07. The minimum atomic E-state index is -0.517. The van der Waals surface area contributed by atoms with Gasteiger partial charge in [-0.25, -0.2) is 4.39 Å². The van der Waals surface area contributed by atoms with Crippen molar-refractivity contribution < 1.29 is 18.8 Å². The molecule has 3 saturated heterocycles. The highest BCUT2D eigenvalue weighted by Gasteiger charge is 2.28. The molecule has 2 N–H and O–H groups in total. The number of anilines is 2. The van der Waals surface area contributed by atoms with Crippen molar-refractivity contribution in [1.82, 2.24) is 10.2 Å². The minimum absolute atomic E-state index is 0.264. The molecule has 31 heavy (non-hydrogen) atoms. The van der Waals surface area contributed by atoms with Crippen molar-refractivity contribution in [2.45, 2.75) is 51.0 Å². The van der Waals surface area contributed by atoms with Crippen molar-refractivity contribution in [3.05, 3.63) is 24.0 Å². The molecule has 0 spiro atoms. The zero-order chi connectivity index (χ0) is 21.8. The van der Waals surface area contributed by atoms with Gasteiger partial charge in [0.25, 0.3) is 0 Å². The Morgan fingerprint density at radius 2 is 1.71 bits per heavy atom. The van der Waals surface area contributed by atoms with E-state index in [0.717, 1.165) is 58.3 Å². The van der Waals surface area contributed by atoms with Crippen LogP contribution in [0.2, 0.25) is 0 Å². The molecule has 4 rings (SSSR count). The van der Waals surface area contributed by atoms with Crippen molar-refractivity contribution in [1.29, 1.82) is 0 Å². The Balaban J connectivity index is 1.27. The number of piperidine rings is 3. The van der Waals surface area contributed by atoms with Crippen LogP contribution in [0.4, 0.5) is 15.8 Å². The summed E-state index contributed by atoms with van der Waals surface area (Å²) < 4.78 is 14.8. The first-order chi connectivity index (χ1) is 15.0. The van der Waals surface area contributed by atoms with Crippen LogP contribution in [0.15, 0.2) is 18.2 Å². The van der Waals surface area contributed by atoms with Gasteiger partial charge in [0.05, 0.1) is 5.69 Å². The van der Waals surface area contributed by atoms with Gasteiger partial charge >= 0.3 is 0 Å². The smallest absolute Gasteiger partial charge is 0.249 e. The molecule has 0 aromatic heterocycles. The van der Waals surface area contributed by atoms with Gasteiger partial charge in [-0.3, -0.25) is 19.7 Å². The SMILES string of the molecule is O=CN1CCC(CC2CCN(c3ccc(NC4CCC(=O)NC4=O)cc3F)CC2)CC1. The number of likely N-dealkylation sites (tertiary alicyclic amines) is 1. The lowest BCUT2D eigenvalue weighted by Gasteiger charge is -2.37. The monoisotopic (exact) mass is 430 g/mol. The van der Waals surface area contributed by atoms with Crippen LogP contribution < -0.4 is 15.5 Å². The summed E-state index contributed by atoms with van der Waals surface area (Å²) in [7, 11) is 0. The fourth-order valence-corrected chi connectivity index (χ4v) is 5.06. The molecule has 3 aliphatic rings. The van der Waals surface area contributed by atoms with Gasteiger partial charge < -0.3 is 15.1 Å². The number of nitrogens with zero attached hydrogens (tertiary/aromatic N) is 2. The number of carbonyl (C=O) groups excluding carboxylic acids is 3. The summed E-state index contributed by atoms with van der Waals surface area (Å²) in [4.78, 5) is 38.0. The maximum absolute atomic E-state index is 14.8. The average molecular weight is 431 g/mol. The molecular formula is C23H31FN4O3. The predicted octanol–water partition coefficient (Wildman–Crippen LogP) is 2.52. The molecule has 1 atom stereocenters. The number of hydrogen-bond acceptors (Lipinski definition) is 5. The second kappa shape index (κ2) is 9.66. The molecule has 1 aromatic rings. The van der Waals surface area contributed by atoms with E-state index in [1.165, 1.54) is 12.5 Å². The lowest BCUT2D eigenvalue weighted by Crippen LogP contribution is -2.47. The van der Waals surface area contributed by atoms with E-state index in [1.54, 1.807) is 12.1 Å². The number of halogens is 1. The number of rotatable bonds is 6. The molecule has 3 fully saturated rings. The highest BCUT2D eigenvalue weighted by atomic mass is 19.1. The van der Waals surface area contributed by atoms with Gasteiger partial charge in [-0.2, -0.15) is 0 Å². The van der Waals surface area contributed by atoms with Crippen LogP contribution in [-0.4, -0.2) is 55.3 Å². The number of nitrogens with one attached hydrogen (secondary N) is 2. The quantitative estimate of drug-likeness (QED) is 0.535. The number of hydrogen-bond donors (Lipinski definition) is 2. The molecule has 3 aliphatic heterocycles. The number of carbonyl (C=O) groups is 3. The molecule has 1 aromatic carbocycles. The third-order valence-corrected chi connectivity index (χ3v) is 6.95. The van der Waals surface area contributed by atoms with E-state index in [4.69, 9.17) is 0 Å². The number of amides is 3. The molecular weight excluding hydrogens is 399 g/mol. The van der Waals surface area contributed by atoms with Crippen LogP contribution in [0.5, 0.6) is 0 Å². The Morgan fingerprint density at radius 3 is 2.32 bits per heavy atom. The lowest BCUT2D eigenvalue weighted by atomic mass is 9.83. The van der Waals surface area contributed by atoms with Crippen LogP contribution >= 0.6 is 0 Å². The summed E-state index contributed by atoms with van der Waals surface area (Å²) in [5, 5.41) is 5.34. The first-order valence-electron chi connectivity index (χ1n) is 11.4. The summed E-state index contributed by atoms with van der Waals surface area (Å²) in [6.45, 7) is 3.43. The zero-order valence-corrected chi connectivity index (χ0v) is 17.8. The van der Waals surface area contributed by atoms with E-state index in [9.17, 15) is 18.8 Å². The van der Waals surface area contributed by atoms with Gasteiger partial charge in [0.2, 0.25) is 18.2 Å². The van der Waals surface area contributed by atoms with Gasteiger partial charge in [0, 0.05) is 38.3 Å². The summed E-state index contributed by atoms with van der Waals surface area (Å²) >= 11 is 0. The van der Waals surface area contributed by atoms with Gasteiger partial charge in [-0.15, -0.1) is 0 Å². The first kappa shape index (κ1) is 21.6. The van der Waals surface area contributed by atoms with Crippen molar-refractivity contribution >= 4 is 29.6 Å². The second-order valence-corrected chi connectivity index (χ2v) is 9.07. The van der Waals surface area contributed by atoms with Gasteiger partial charge in [0.15, 0.2) is 0 Å². The van der Waals surface area contributed by atoms with Gasteiger partial charge in [-0.1, -0.05) is 0 Å². The third-order valence-electron chi connectivity index (χ3n) is 6.95. The van der Waals surface area contributed by atoms with Gasteiger partial charge in [0.1, 0.15) is 11.9 Å². The van der Waals surface area contributed by atoms with Crippen molar-refractivity contribution in [2.24, 2.45) is 11.8 Å². The number of imide groups is 1. The van der Waals surface area contributed by atoms with E-state index in [0.29, 0.717) is 29.6 Å². The molecule has 0 saturated carbocycles. The topological polar surface area (TPSA) is 81.8 Å². The van der Waals surface area contributed by atoms with Gasteiger partial charge in [-0.05, 0) is 68.6 Å². The van der Waals surface area contributed by atoms with Crippen LogP contribution in [-0.2, 0) is 14.4 Å². The molecule has 8 heteroatoms. The van der Waals surface area contributed by atoms with Crippen LogP contribution in [0.3, 0.4) is 0 Å². The van der Waals surface area contributed by atoms with E-state index >= 15 is 0 Å².